The maximum absolute atomic E-state index is 9.37. The SMILES string of the molecule is N#Cc1ccccc1-c1ncccc1-c1ccc2c(c1)C=NC2. The van der Waals surface area contributed by atoms with Crippen molar-refractivity contribution < 1.29 is 0 Å². The van der Waals surface area contributed by atoms with E-state index in [1.54, 1.807) is 6.20 Å². The number of nitrogens with zero attached hydrogens (tertiary/aromatic N) is 3. The van der Waals surface area contributed by atoms with Gasteiger partial charge >= 0.3 is 0 Å². The number of rotatable bonds is 2. The molecule has 1 aliphatic heterocycles. The summed E-state index contributed by atoms with van der Waals surface area (Å²) in [5.74, 6) is 0. The molecule has 3 heteroatoms. The first-order valence-corrected chi connectivity index (χ1v) is 7.44. The smallest absolute Gasteiger partial charge is 0.0998 e. The third kappa shape index (κ3) is 2.31. The second-order valence-electron chi connectivity index (χ2n) is 5.44. The Morgan fingerprint density at radius 1 is 0.957 bits per heavy atom. The van der Waals surface area contributed by atoms with Crippen LogP contribution in [0.2, 0.25) is 0 Å². The van der Waals surface area contributed by atoms with E-state index in [4.69, 9.17) is 0 Å². The first kappa shape index (κ1) is 13.4. The fraction of sp³-hybridized carbons (Fsp3) is 0.0500. The van der Waals surface area contributed by atoms with Crippen molar-refractivity contribution in [3.05, 3.63) is 77.5 Å². The topological polar surface area (TPSA) is 49.0 Å². The van der Waals surface area contributed by atoms with Gasteiger partial charge in [-0.25, -0.2) is 0 Å². The number of nitriles is 1. The highest BCUT2D eigenvalue weighted by molar-refractivity contribution is 5.89. The number of hydrogen-bond donors (Lipinski definition) is 0. The summed E-state index contributed by atoms with van der Waals surface area (Å²) < 4.78 is 0. The molecule has 0 N–H and O–H groups in total. The van der Waals surface area contributed by atoms with E-state index in [1.165, 1.54) is 5.56 Å². The molecular formula is C20H13N3. The maximum atomic E-state index is 9.37. The molecule has 0 unspecified atom stereocenters. The third-order valence-electron chi connectivity index (χ3n) is 4.06. The molecule has 0 spiro atoms. The minimum Gasteiger partial charge on any atom is -0.288 e. The van der Waals surface area contributed by atoms with Crippen molar-refractivity contribution in [1.29, 1.82) is 5.26 Å². The van der Waals surface area contributed by atoms with Gasteiger partial charge < -0.3 is 0 Å². The molecule has 2 heterocycles. The molecule has 0 fully saturated rings. The lowest BCUT2D eigenvalue weighted by Gasteiger charge is -2.11. The average molecular weight is 295 g/mol. The Bertz CT molecular complexity index is 965. The molecule has 3 nitrogen and oxygen atoms in total. The molecule has 0 saturated carbocycles. The van der Waals surface area contributed by atoms with Crippen molar-refractivity contribution in [2.75, 3.05) is 0 Å². The summed E-state index contributed by atoms with van der Waals surface area (Å²) in [5, 5.41) is 9.37. The van der Waals surface area contributed by atoms with Gasteiger partial charge in [-0.2, -0.15) is 5.26 Å². The predicted octanol–water partition coefficient (Wildman–Crippen LogP) is 4.22. The number of fused-ring (bicyclic) bond motifs is 1. The van der Waals surface area contributed by atoms with Gasteiger partial charge in [0.15, 0.2) is 0 Å². The van der Waals surface area contributed by atoms with Crippen LogP contribution in [0.25, 0.3) is 22.4 Å². The first-order chi connectivity index (χ1) is 11.4. The molecular weight excluding hydrogens is 282 g/mol. The molecule has 1 aliphatic rings. The molecule has 108 valence electrons. The van der Waals surface area contributed by atoms with Gasteiger partial charge in [0, 0.05) is 23.5 Å². The highest BCUT2D eigenvalue weighted by atomic mass is 14.7. The normalized spacial score (nSPS) is 12.0. The van der Waals surface area contributed by atoms with E-state index in [0.29, 0.717) is 5.56 Å². The predicted molar refractivity (Wildman–Crippen MR) is 91.1 cm³/mol. The van der Waals surface area contributed by atoms with Crippen LogP contribution < -0.4 is 0 Å². The van der Waals surface area contributed by atoms with E-state index in [2.05, 4.69) is 34.2 Å². The van der Waals surface area contributed by atoms with E-state index >= 15 is 0 Å². The van der Waals surface area contributed by atoms with Crippen LogP contribution in [0.3, 0.4) is 0 Å². The van der Waals surface area contributed by atoms with Gasteiger partial charge in [0.2, 0.25) is 0 Å². The lowest BCUT2D eigenvalue weighted by atomic mass is 9.95. The molecule has 0 radical (unpaired) electrons. The Morgan fingerprint density at radius 2 is 1.83 bits per heavy atom. The Labute approximate surface area is 134 Å². The molecule has 0 atom stereocenters. The van der Waals surface area contributed by atoms with Crippen LogP contribution in [-0.2, 0) is 6.54 Å². The van der Waals surface area contributed by atoms with Crippen molar-refractivity contribution >= 4 is 6.21 Å². The summed E-state index contributed by atoms with van der Waals surface area (Å²) in [6.45, 7) is 0.757. The van der Waals surface area contributed by atoms with Gasteiger partial charge in [0.1, 0.15) is 0 Å². The Hall–Kier alpha value is -3.25. The first-order valence-electron chi connectivity index (χ1n) is 7.44. The fourth-order valence-corrected chi connectivity index (χ4v) is 2.91. The lowest BCUT2D eigenvalue weighted by molar-refractivity contribution is 1.11. The van der Waals surface area contributed by atoms with Crippen LogP contribution in [0.15, 0.2) is 65.8 Å². The molecule has 0 aliphatic carbocycles. The van der Waals surface area contributed by atoms with Crippen LogP contribution >= 0.6 is 0 Å². The minimum absolute atomic E-state index is 0.634. The number of benzene rings is 2. The van der Waals surface area contributed by atoms with Gasteiger partial charge in [-0.05, 0) is 34.9 Å². The van der Waals surface area contributed by atoms with Crippen LogP contribution in [0, 0.1) is 11.3 Å². The second kappa shape index (κ2) is 5.51. The van der Waals surface area contributed by atoms with Gasteiger partial charge in [-0.3, -0.25) is 9.98 Å². The third-order valence-corrected chi connectivity index (χ3v) is 4.06. The summed E-state index contributed by atoms with van der Waals surface area (Å²) >= 11 is 0. The highest BCUT2D eigenvalue weighted by Crippen LogP contribution is 2.33. The van der Waals surface area contributed by atoms with Crippen molar-refractivity contribution in [3.8, 4) is 28.5 Å². The molecule has 4 rings (SSSR count). The zero-order valence-corrected chi connectivity index (χ0v) is 12.4. The van der Waals surface area contributed by atoms with E-state index in [1.807, 2.05) is 42.6 Å². The van der Waals surface area contributed by atoms with Gasteiger partial charge in [0.05, 0.1) is 23.9 Å². The molecule has 3 aromatic rings. The van der Waals surface area contributed by atoms with Crippen molar-refractivity contribution in [3.63, 3.8) is 0 Å². The Balaban J connectivity index is 1.91. The second-order valence-corrected chi connectivity index (χ2v) is 5.44. The van der Waals surface area contributed by atoms with Crippen LogP contribution in [0.1, 0.15) is 16.7 Å². The number of pyridine rings is 1. The van der Waals surface area contributed by atoms with Gasteiger partial charge in [-0.1, -0.05) is 36.4 Å². The quantitative estimate of drug-likeness (QED) is 0.710. The zero-order valence-electron chi connectivity index (χ0n) is 12.4. The monoisotopic (exact) mass is 295 g/mol. The zero-order chi connectivity index (χ0) is 15.6. The molecule has 1 aromatic heterocycles. The lowest BCUT2D eigenvalue weighted by Crippen LogP contribution is -1.93. The highest BCUT2D eigenvalue weighted by Gasteiger charge is 2.14. The molecule has 0 bridgehead atoms. The van der Waals surface area contributed by atoms with Crippen molar-refractivity contribution in [2.45, 2.75) is 6.54 Å². The van der Waals surface area contributed by atoms with E-state index < -0.39 is 0 Å². The number of aromatic nitrogens is 1. The molecule has 2 aromatic carbocycles. The Morgan fingerprint density at radius 3 is 2.74 bits per heavy atom. The minimum atomic E-state index is 0.634. The fourth-order valence-electron chi connectivity index (χ4n) is 2.91. The van der Waals surface area contributed by atoms with Gasteiger partial charge in [0.25, 0.3) is 0 Å². The van der Waals surface area contributed by atoms with Crippen LogP contribution in [0.5, 0.6) is 0 Å². The largest absolute Gasteiger partial charge is 0.288 e. The Kier molecular flexibility index (Phi) is 3.21. The summed E-state index contributed by atoms with van der Waals surface area (Å²) in [6, 6.07) is 20.2. The van der Waals surface area contributed by atoms with Crippen molar-refractivity contribution in [1.82, 2.24) is 4.98 Å². The standard InChI is InChI=1S/C20H13N3/c21-11-15-4-1-2-5-19(15)20-18(6-3-9-23-20)14-7-8-16-12-22-13-17(16)10-14/h1-10,13H,12H2. The molecule has 0 saturated heterocycles. The van der Waals surface area contributed by atoms with E-state index in [9.17, 15) is 5.26 Å². The number of aliphatic imine (C=N–C) groups is 1. The van der Waals surface area contributed by atoms with Crippen LogP contribution in [-0.4, -0.2) is 11.2 Å². The van der Waals surface area contributed by atoms with E-state index in [0.717, 1.165) is 34.5 Å². The number of hydrogen-bond acceptors (Lipinski definition) is 3. The maximum Gasteiger partial charge on any atom is 0.0998 e. The summed E-state index contributed by atoms with van der Waals surface area (Å²) in [7, 11) is 0. The molecule has 23 heavy (non-hydrogen) atoms. The summed E-state index contributed by atoms with van der Waals surface area (Å²) in [6.07, 6.45) is 3.68. The van der Waals surface area contributed by atoms with E-state index in [-0.39, 0.29) is 0 Å². The van der Waals surface area contributed by atoms with Crippen molar-refractivity contribution in [2.24, 2.45) is 4.99 Å². The van der Waals surface area contributed by atoms with Crippen LogP contribution in [0.4, 0.5) is 0 Å². The summed E-state index contributed by atoms with van der Waals surface area (Å²) in [4.78, 5) is 8.85. The van der Waals surface area contributed by atoms with Gasteiger partial charge in [-0.15, -0.1) is 0 Å². The average Bonchev–Trinajstić information content (AvgIpc) is 3.09. The summed E-state index contributed by atoms with van der Waals surface area (Å²) in [5.41, 5.74) is 6.85. The molecule has 0 amide bonds.